The van der Waals surface area contributed by atoms with Gasteiger partial charge in [0.25, 0.3) is 5.91 Å². The standard InChI is InChI=1S/C20H18N2O5/c1-2-25-13-4-5-16-14(8-13)19(23)15(10-21-16)20(24)22-9-12-3-6-17-18(7-12)27-11-26-17/h3-8,10H,2,9,11H2,1H3,(H,21,23)(H,22,24). The fourth-order valence-corrected chi connectivity index (χ4v) is 2.95. The fraction of sp³-hybridized carbons (Fsp3) is 0.200. The molecule has 0 aliphatic carbocycles. The van der Waals surface area contributed by atoms with Crippen LogP contribution in [0.2, 0.25) is 0 Å². The molecule has 138 valence electrons. The first kappa shape index (κ1) is 17.0. The Labute approximate surface area is 154 Å². The van der Waals surface area contributed by atoms with E-state index < -0.39 is 5.91 Å². The lowest BCUT2D eigenvalue weighted by Crippen LogP contribution is -2.28. The average molecular weight is 366 g/mol. The molecule has 1 aromatic heterocycles. The number of nitrogens with one attached hydrogen (secondary N) is 2. The summed E-state index contributed by atoms with van der Waals surface area (Å²) in [6, 6.07) is 10.6. The van der Waals surface area contributed by atoms with E-state index in [1.165, 1.54) is 6.20 Å². The van der Waals surface area contributed by atoms with E-state index in [9.17, 15) is 9.59 Å². The van der Waals surface area contributed by atoms with Crippen LogP contribution in [0.5, 0.6) is 17.2 Å². The van der Waals surface area contributed by atoms with Crippen LogP contribution in [-0.4, -0.2) is 24.3 Å². The van der Waals surface area contributed by atoms with Crippen LogP contribution in [0.1, 0.15) is 22.8 Å². The van der Waals surface area contributed by atoms with Crippen LogP contribution in [0.4, 0.5) is 0 Å². The largest absolute Gasteiger partial charge is 0.494 e. The molecule has 2 N–H and O–H groups in total. The maximum Gasteiger partial charge on any atom is 0.257 e. The van der Waals surface area contributed by atoms with Crippen molar-refractivity contribution in [1.29, 1.82) is 0 Å². The number of ether oxygens (including phenoxy) is 3. The third-order valence-electron chi connectivity index (χ3n) is 4.30. The third-order valence-corrected chi connectivity index (χ3v) is 4.30. The zero-order valence-corrected chi connectivity index (χ0v) is 14.7. The Balaban J connectivity index is 1.55. The van der Waals surface area contributed by atoms with E-state index >= 15 is 0 Å². The molecular weight excluding hydrogens is 348 g/mol. The van der Waals surface area contributed by atoms with Gasteiger partial charge >= 0.3 is 0 Å². The molecule has 1 amide bonds. The van der Waals surface area contributed by atoms with Crippen molar-refractivity contribution in [2.24, 2.45) is 0 Å². The molecule has 0 unspecified atom stereocenters. The van der Waals surface area contributed by atoms with Gasteiger partial charge in [-0.2, -0.15) is 0 Å². The minimum absolute atomic E-state index is 0.0527. The van der Waals surface area contributed by atoms with E-state index in [2.05, 4.69) is 10.3 Å². The lowest BCUT2D eigenvalue weighted by atomic mass is 10.1. The zero-order valence-electron chi connectivity index (χ0n) is 14.7. The second kappa shape index (κ2) is 7.03. The van der Waals surface area contributed by atoms with Crippen molar-refractivity contribution in [2.75, 3.05) is 13.4 Å². The molecule has 7 nitrogen and oxygen atoms in total. The highest BCUT2D eigenvalue weighted by atomic mass is 16.7. The molecular formula is C20H18N2O5. The quantitative estimate of drug-likeness (QED) is 0.724. The molecule has 2 heterocycles. The first-order chi connectivity index (χ1) is 13.2. The highest BCUT2D eigenvalue weighted by Gasteiger charge is 2.16. The first-order valence-corrected chi connectivity index (χ1v) is 8.60. The smallest absolute Gasteiger partial charge is 0.257 e. The summed E-state index contributed by atoms with van der Waals surface area (Å²) in [6.07, 6.45) is 1.43. The van der Waals surface area contributed by atoms with Gasteiger partial charge in [0, 0.05) is 23.6 Å². The van der Waals surface area contributed by atoms with Crippen LogP contribution in [0.3, 0.4) is 0 Å². The summed E-state index contributed by atoms with van der Waals surface area (Å²) in [4.78, 5) is 28.2. The van der Waals surface area contributed by atoms with E-state index in [1.807, 2.05) is 19.1 Å². The molecule has 4 rings (SSSR count). The number of rotatable bonds is 5. The molecule has 0 saturated carbocycles. The average Bonchev–Trinajstić information content (AvgIpc) is 3.15. The number of aromatic nitrogens is 1. The van der Waals surface area contributed by atoms with Crippen molar-refractivity contribution in [2.45, 2.75) is 13.5 Å². The van der Waals surface area contributed by atoms with Crippen molar-refractivity contribution in [1.82, 2.24) is 10.3 Å². The van der Waals surface area contributed by atoms with E-state index in [4.69, 9.17) is 14.2 Å². The molecule has 7 heteroatoms. The number of hydrogen-bond acceptors (Lipinski definition) is 5. The molecule has 2 aromatic carbocycles. The van der Waals surface area contributed by atoms with Crippen molar-refractivity contribution in [3.05, 3.63) is 63.9 Å². The maximum atomic E-state index is 12.7. The molecule has 0 saturated heterocycles. The number of hydrogen-bond donors (Lipinski definition) is 2. The van der Waals surface area contributed by atoms with Crippen molar-refractivity contribution in [3.63, 3.8) is 0 Å². The number of benzene rings is 2. The predicted octanol–water partition coefficient (Wildman–Crippen LogP) is 2.59. The fourth-order valence-electron chi connectivity index (χ4n) is 2.95. The normalized spacial score (nSPS) is 12.2. The number of pyridine rings is 1. The summed E-state index contributed by atoms with van der Waals surface area (Å²) in [6.45, 7) is 2.83. The molecule has 0 radical (unpaired) electrons. The van der Waals surface area contributed by atoms with Crippen molar-refractivity contribution in [3.8, 4) is 17.2 Å². The summed E-state index contributed by atoms with van der Waals surface area (Å²) in [7, 11) is 0. The number of amides is 1. The van der Waals surface area contributed by atoms with Gasteiger partial charge in [-0.1, -0.05) is 6.07 Å². The Morgan fingerprint density at radius 1 is 1.19 bits per heavy atom. The summed E-state index contributed by atoms with van der Waals surface area (Å²) >= 11 is 0. The van der Waals surface area contributed by atoms with Crippen LogP contribution < -0.4 is 25.0 Å². The van der Waals surface area contributed by atoms with Gasteiger partial charge in [0.1, 0.15) is 11.3 Å². The topological polar surface area (TPSA) is 89.7 Å². The van der Waals surface area contributed by atoms with Gasteiger partial charge in [-0.25, -0.2) is 0 Å². The van der Waals surface area contributed by atoms with Gasteiger partial charge in [-0.15, -0.1) is 0 Å². The number of H-pyrrole nitrogens is 1. The monoisotopic (exact) mass is 366 g/mol. The molecule has 3 aromatic rings. The third kappa shape index (κ3) is 3.31. The van der Waals surface area contributed by atoms with Gasteiger partial charge in [0.05, 0.1) is 6.61 Å². The molecule has 27 heavy (non-hydrogen) atoms. The lowest BCUT2D eigenvalue weighted by molar-refractivity contribution is 0.0949. The second-order valence-corrected chi connectivity index (χ2v) is 6.04. The van der Waals surface area contributed by atoms with Gasteiger partial charge in [-0.05, 0) is 42.8 Å². The summed E-state index contributed by atoms with van der Waals surface area (Å²) < 4.78 is 16.0. The van der Waals surface area contributed by atoms with Crippen LogP contribution in [-0.2, 0) is 6.54 Å². The molecule has 0 fully saturated rings. The van der Waals surface area contributed by atoms with Crippen LogP contribution >= 0.6 is 0 Å². The Hall–Kier alpha value is -3.48. The summed E-state index contributed by atoms with van der Waals surface area (Å²) in [5, 5.41) is 3.18. The molecule has 1 aliphatic rings. The number of carbonyl (C=O) groups excluding carboxylic acids is 1. The minimum Gasteiger partial charge on any atom is -0.494 e. The van der Waals surface area contributed by atoms with Gasteiger partial charge in [0.15, 0.2) is 11.5 Å². The molecule has 1 aliphatic heterocycles. The Kier molecular flexibility index (Phi) is 4.42. The number of carbonyl (C=O) groups is 1. The summed E-state index contributed by atoms with van der Waals surface area (Å²) in [5.74, 6) is 1.47. The first-order valence-electron chi connectivity index (χ1n) is 8.60. The number of aromatic amines is 1. The van der Waals surface area contributed by atoms with Crippen molar-refractivity contribution < 1.29 is 19.0 Å². The van der Waals surface area contributed by atoms with E-state index in [0.29, 0.717) is 34.8 Å². The second-order valence-electron chi connectivity index (χ2n) is 6.04. The van der Waals surface area contributed by atoms with E-state index in [0.717, 1.165) is 5.56 Å². The number of fused-ring (bicyclic) bond motifs is 2. The van der Waals surface area contributed by atoms with Gasteiger partial charge in [0.2, 0.25) is 12.2 Å². The SMILES string of the molecule is CCOc1ccc2[nH]cc(C(=O)NCc3ccc4c(c3)OCO4)c(=O)c2c1. The molecule has 0 spiro atoms. The van der Waals surface area contributed by atoms with Crippen LogP contribution in [0.25, 0.3) is 10.9 Å². The minimum atomic E-state index is -0.447. The van der Waals surface area contributed by atoms with Crippen LogP contribution in [0.15, 0.2) is 47.4 Å². The zero-order chi connectivity index (χ0) is 18.8. The maximum absolute atomic E-state index is 12.7. The van der Waals surface area contributed by atoms with E-state index in [1.54, 1.807) is 24.3 Å². The predicted molar refractivity (Wildman–Crippen MR) is 99.5 cm³/mol. The highest BCUT2D eigenvalue weighted by molar-refractivity contribution is 5.97. The van der Waals surface area contributed by atoms with Crippen LogP contribution in [0, 0.1) is 0 Å². The van der Waals surface area contributed by atoms with Gasteiger partial charge < -0.3 is 24.5 Å². The summed E-state index contributed by atoms with van der Waals surface area (Å²) in [5.41, 5.74) is 1.21. The molecule has 0 bridgehead atoms. The molecule has 0 atom stereocenters. The highest BCUT2D eigenvalue weighted by Crippen LogP contribution is 2.32. The van der Waals surface area contributed by atoms with Crippen molar-refractivity contribution >= 4 is 16.8 Å². The Morgan fingerprint density at radius 3 is 2.89 bits per heavy atom. The van der Waals surface area contributed by atoms with E-state index in [-0.39, 0.29) is 24.3 Å². The Bertz CT molecular complexity index is 1070. The Morgan fingerprint density at radius 2 is 2.04 bits per heavy atom. The lowest BCUT2D eigenvalue weighted by Gasteiger charge is -2.08. The van der Waals surface area contributed by atoms with Gasteiger partial charge in [-0.3, -0.25) is 9.59 Å².